The number of carbonyl (C=O) groups excluding carboxylic acids is 4. The van der Waals surface area contributed by atoms with Crippen LogP contribution in [0.15, 0.2) is 0 Å². The maximum Gasteiger partial charge on any atom is 0.326 e. The summed E-state index contributed by atoms with van der Waals surface area (Å²) in [6.07, 6.45) is 1.96. The SMILES string of the molecule is NCCCCC(NC(=O)C(CCC(N)=O)NC(=O)C(CCCCN)NC(=O)C(N)CO)C(=O)O. The molecule has 0 fully saturated rings. The van der Waals surface area contributed by atoms with Gasteiger partial charge in [0.05, 0.1) is 6.61 Å². The third-order valence-corrected chi connectivity index (χ3v) is 4.99. The number of nitrogens with one attached hydrogen (secondary N) is 3. The van der Waals surface area contributed by atoms with E-state index in [1.807, 2.05) is 0 Å². The number of primary amides is 1. The third-order valence-electron chi connectivity index (χ3n) is 4.99. The molecule has 14 nitrogen and oxygen atoms in total. The van der Waals surface area contributed by atoms with Gasteiger partial charge in [-0.05, 0) is 58.0 Å². The Morgan fingerprint density at radius 3 is 1.59 bits per heavy atom. The minimum Gasteiger partial charge on any atom is -0.480 e. The molecule has 13 N–H and O–H groups in total. The van der Waals surface area contributed by atoms with Crippen molar-refractivity contribution in [1.29, 1.82) is 0 Å². The predicted molar refractivity (Wildman–Crippen MR) is 123 cm³/mol. The molecule has 0 heterocycles. The summed E-state index contributed by atoms with van der Waals surface area (Å²) < 4.78 is 0. The van der Waals surface area contributed by atoms with Gasteiger partial charge in [-0.15, -0.1) is 0 Å². The summed E-state index contributed by atoms with van der Waals surface area (Å²) >= 11 is 0. The largest absolute Gasteiger partial charge is 0.480 e. The number of aliphatic carboxylic acids is 1. The minimum absolute atomic E-state index is 0.131. The molecule has 0 aliphatic heterocycles. The lowest BCUT2D eigenvalue weighted by atomic mass is 10.0. The van der Waals surface area contributed by atoms with Crippen molar-refractivity contribution >= 4 is 29.6 Å². The Morgan fingerprint density at radius 2 is 1.15 bits per heavy atom. The smallest absolute Gasteiger partial charge is 0.326 e. The van der Waals surface area contributed by atoms with Crippen LogP contribution in [-0.2, 0) is 24.0 Å². The van der Waals surface area contributed by atoms with Crippen molar-refractivity contribution in [3.05, 3.63) is 0 Å². The first-order valence-corrected chi connectivity index (χ1v) is 11.3. The van der Waals surface area contributed by atoms with Crippen LogP contribution in [0.5, 0.6) is 0 Å². The summed E-state index contributed by atoms with van der Waals surface area (Å²) in [6.45, 7) is 0.102. The van der Waals surface area contributed by atoms with Crippen molar-refractivity contribution in [1.82, 2.24) is 16.0 Å². The summed E-state index contributed by atoms with van der Waals surface area (Å²) in [4.78, 5) is 60.5. The quantitative estimate of drug-likeness (QED) is 0.0803. The van der Waals surface area contributed by atoms with Gasteiger partial charge in [-0.25, -0.2) is 4.79 Å². The molecule has 0 spiro atoms. The molecule has 0 aliphatic carbocycles. The highest BCUT2D eigenvalue weighted by atomic mass is 16.4. The van der Waals surface area contributed by atoms with Gasteiger partial charge in [0.15, 0.2) is 0 Å². The normalized spacial score (nSPS) is 14.4. The predicted octanol–water partition coefficient (Wildman–Crippen LogP) is -3.63. The number of amides is 4. The van der Waals surface area contributed by atoms with E-state index in [1.165, 1.54) is 0 Å². The zero-order chi connectivity index (χ0) is 26.1. The lowest BCUT2D eigenvalue weighted by Crippen LogP contribution is -2.57. The van der Waals surface area contributed by atoms with E-state index >= 15 is 0 Å². The molecule has 4 atom stereocenters. The third kappa shape index (κ3) is 13.0. The van der Waals surface area contributed by atoms with Crippen LogP contribution in [0.25, 0.3) is 0 Å². The summed E-state index contributed by atoms with van der Waals surface area (Å²) in [6, 6.07) is -4.84. The molecule has 0 aromatic heterocycles. The van der Waals surface area contributed by atoms with Crippen molar-refractivity contribution in [3.63, 3.8) is 0 Å². The molecule has 34 heavy (non-hydrogen) atoms. The number of hydrogen-bond acceptors (Lipinski definition) is 9. The summed E-state index contributed by atoms with van der Waals surface area (Å²) in [5, 5.41) is 25.7. The number of unbranched alkanes of at least 4 members (excludes halogenated alkanes) is 2. The number of rotatable bonds is 19. The van der Waals surface area contributed by atoms with Crippen molar-refractivity contribution in [2.75, 3.05) is 19.7 Å². The van der Waals surface area contributed by atoms with Crippen LogP contribution in [0.1, 0.15) is 51.4 Å². The van der Waals surface area contributed by atoms with Crippen LogP contribution >= 0.6 is 0 Å². The van der Waals surface area contributed by atoms with E-state index in [4.69, 9.17) is 28.0 Å². The Hall–Kier alpha value is -2.81. The molecule has 0 radical (unpaired) electrons. The van der Waals surface area contributed by atoms with Crippen LogP contribution in [0, 0.1) is 0 Å². The standard InChI is InChI=1S/C20H39N7O7/c21-9-3-1-5-13(25-17(30)12(23)11-28)18(31)26-14(7-8-16(24)29)19(32)27-15(20(33)34)6-2-4-10-22/h12-15,28H,1-11,21-23H2,(H2,24,29)(H,25,30)(H,26,31)(H,27,32)(H,33,34). The van der Waals surface area contributed by atoms with E-state index in [-0.39, 0.29) is 25.7 Å². The summed E-state index contributed by atoms with van der Waals surface area (Å²) in [5.41, 5.74) is 21.5. The highest BCUT2D eigenvalue weighted by Gasteiger charge is 2.30. The Balaban J connectivity index is 5.47. The van der Waals surface area contributed by atoms with Crippen LogP contribution in [-0.4, -0.2) is 83.7 Å². The number of nitrogens with two attached hydrogens (primary N) is 4. The number of hydrogen-bond donors (Lipinski definition) is 9. The first kappa shape index (κ1) is 31.2. The Kier molecular flexibility index (Phi) is 16.2. The highest BCUT2D eigenvalue weighted by Crippen LogP contribution is 2.07. The van der Waals surface area contributed by atoms with Gasteiger partial charge in [-0.3, -0.25) is 19.2 Å². The first-order valence-electron chi connectivity index (χ1n) is 11.3. The van der Waals surface area contributed by atoms with Crippen molar-refractivity contribution in [2.24, 2.45) is 22.9 Å². The molecule has 4 unspecified atom stereocenters. The summed E-state index contributed by atoms with van der Waals surface area (Å²) in [5.74, 6) is -4.29. The van der Waals surface area contributed by atoms with E-state index in [2.05, 4.69) is 16.0 Å². The van der Waals surface area contributed by atoms with E-state index in [0.717, 1.165) is 0 Å². The topological polar surface area (TPSA) is 266 Å². The second-order valence-electron chi connectivity index (χ2n) is 7.88. The zero-order valence-electron chi connectivity index (χ0n) is 19.3. The second-order valence-corrected chi connectivity index (χ2v) is 7.88. The molecule has 0 rings (SSSR count). The van der Waals surface area contributed by atoms with Gasteiger partial charge in [0.1, 0.15) is 24.2 Å². The van der Waals surface area contributed by atoms with Gasteiger partial charge < -0.3 is 49.1 Å². The average Bonchev–Trinajstić information content (AvgIpc) is 2.79. The van der Waals surface area contributed by atoms with Gasteiger partial charge in [-0.2, -0.15) is 0 Å². The zero-order valence-corrected chi connectivity index (χ0v) is 19.3. The Bertz CT molecular complexity index is 678. The van der Waals surface area contributed by atoms with E-state index < -0.39 is 60.4 Å². The van der Waals surface area contributed by atoms with Crippen molar-refractivity contribution in [3.8, 4) is 0 Å². The van der Waals surface area contributed by atoms with Gasteiger partial charge in [0, 0.05) is 6.42 Å². The number of carboxylic acid groups (broad SMARTS) is 1. The van der Waals surface area contributed by atoms with Crippen molar-refractivity contribution in [2.45, 2.75) is 75.5 Å². The van der Waals surface area contributed by atoms with Crippen LogP contribution in [0.2, 0.25) is 0 Å². The fourth-order valence-electron chi connectivity index (χ4n) is 2.97. The highest BCUT2D eigenvalue weighted by molar-refractivity contribution is 5.94. The first-order chi connectivity index (χ1) is 16.1. The Morgan fingerprint density at radius 1 is 0.706 bits per heavy atom. The van der Waals surface area contributed by atoms with E-state index in [9.17, 15) is 29.1 Å². The molecule has 4 amide bonds. The van der Waals surface area contributed by atoms with Gasteiger partial charge in [-0.1, -0.05) is 0 Å². The number of carboxylic acids is 1. The number of aliphatic hydroxyl groups excluding tert-OH is 1. The van der Waals surface area contributed by atoms with Gasteiger partial charge in [0.25, 0.3) is 0 Å². The molecular weight excluding hydrogens is 450 g/mol. The van der Waals surface area contributed by atoms with E-state index in [0.29, 0.717) is 38.8 Å². The molecule has 0 aromatic carbocycles. The molecule has 0 aromatic rings. The lowest BCUT2D eigenvalue weighted by molar-refractivity contribution is -0.142. The monoisotopic (exact) mass is 489 g/mol. The van der Waals surface area contributed by atoms with Gasteiger partial charge >= 0.3 is 5.97 Å². The van der Waals surface area contributed by atoms with Crippen molar-refractivity contribution < 1.29 is 34.2 Å². The summed E-state index contributed by atoms with van der Waals surface area (Å²) in [7, 11) is 0. The molecule has 0 saturated heterocycles. The maximum absolute atomic E-state index is 12.9. The average molecular weight is 490 g/mol. The number of carbonyl (C=O) groups is 5. The second kappa shape index (κ2) is 17.6. The number of aliphatic hydroxyl groups is 1. The maximum atomic E-state index is 12.9. The van der Waals surface area contributed by atoms with Gasteiger partial charge in [0.2, 0.25) is 23.6 Å². The minimum atomic E-state index is -1.28. The molecular formula is C20H39N7O7. The molecule has 0 saturated carbocycles. The van der Waals surface area contributed by atoms with Crippen LogP contribution in [0.4, 0.5) is 0 Å². The molecule has 0 bridgehead atoms. The van der Waals surface area contributed by atoms with Crippen LogP contribution < -0.4 is 38.9 Å². The van der Waals surface area contributed by atoms with Crippen LogP contribution in [0.3, 0.4) is 0 Å². The molecule has 14 heteroatoms. The molecule has 0 aliphatic rings. The molecule has 196 valence electrons. The fraction of sp³-hybridized carbons (Fsp3) is 0.750. The fourth-order valence-corrected chi connectivity index (χ4v) is 2.97. The lowest BCUT2D eigenvalue weighted by Gasteiger charge is -2.25. The Labute approximate surface area is 198 Å². The van der Waals surface area contributed by atoms with E-state index in [1.54, 1.807) is 0 Å².